The van der Waals surface area contributed by atoms with Gasteiger partial charge >= 0.3 is 0 Å². The molecule has 6 heteroatoms. The van der Waals surface area contributed by atoms with E-state index >= 15 is 0 Å². The van der Waals surface area contributed by atoms with Crippen LogP contribution in [-0.2, 0) is 0 Å². The second kappa shape index (κ2) is 6.62. The maximum Gasteiger partial charge on any atom is 0.255 e. The van der Waals surface area contributed by atoms with Gasteiger partial charge < -0.3 is 20.5 Å². The second-order valence-electron chi connectivity index (χ2n) is 4.50. The standard InChI is InChI=1S/C16H16N2O4/c1-21-13-7-11(8-14(9-13)22-2)16(20)18-12-5-3-10(4-6-12)15(17)19/h3-9H,1-2H3,(H2,17,19)(H,18,20). The number of hydrogen-bond donors (Lipinski definition) is 2. The summed E-state index contributed by atoms with van der Waals surface area (Å²) in [5, 5.41) is 2.72. The molecule has 3 N–H and O–H groups in total. The number of nitrogens with two attached hydrogens (primary N) is 1. The first-order chi connectivity index (χ1) is 10.5. The van der Waals surface area contributed by atoms with Crippen LogP contribution in [0.15, 0.2) is 42.5 Å². The number of amides is 2. The van der Waals surface area contributed by atoms with E-state index in [1.54, 1.807) is 42.5 Å². The van der Waals surface area contributed by atoms with Gasteiger partial charge in [0.25, 0.3) is 5.91 Å². The molecule has 2 rings (SSSR count). The van der Waals surface area contributed by atoms with Crippen molar-refractivity contribution in [3.63, 3.8) is 0 Å². The molecular weight excluding hydrogens is 284 g/mol. The number of primary amides is 1. The SMILES string of the molecule is COc1cc(OC)cc(C(=O)Nc2ccc(C(N)=O)cc2)c1. The van der Waals surface area contributed by atoms with Gasteiger partial charge in [0.2, 0.25) is 5.91 Å². The highest BCUT2D eigenvalue weighted by atomic mass is 16.5. The van der Waals surface area contributed by atoms with E-state index in [0.717, 1.165) is 0 Å². The Labute approximate surface area is 127 Å². The quantitative estimate of drug-likeness (QED) is 0.884. The molecule has 0 heterocycles. The minimum atomic E-state index is -0.518. The highest BCUT2D eigenvalue weighted by Gasteiger charge is 2.10. The maximum atomic E-state index is 12.3. The molecule has 0 saturated heterocycles. The summed E-state index contributed by atoms with van der Waals surface area (Å²) in [5.74, 6) is 0.210. The predicted molar refractivity (Wildman–Crippen MR) is 82.5 cm³/mol. The molecule has 0 aliphatic rings. The first-order valence-corrected chi connectivity index (χ1v) is 6.48. The Bertz CT molecular complexity index is 674. The van der Waals surface area contributed by atoms with Gasteiger partial charge in [-0.3, -0.25) is 9.59 Å². The van der Waals surface area contributed by atoms with Gasteiger partial charge in [-0.05, 0) is 36.4 Å². The Kier molecular flexibility index (Phi) is 4.63. The van der Waals surface area contributed by atoms with E-state index < -0.39 is 5.91 Å². The summed E-state index contributed by atoms with van der Waals surface area (Å²) in [5.41, 5.74) is 6.49. The molecule has 0 radical (unpaired) electrons. The van der Waals surface area contributed by atoms with Gasteiger partial charge in [0.15, 0.2) is 0 Å². The first kappa shape index (κ1) is 15.4. The van der Waals surface area contributed by atoms with Gasteiger partial charge in [0, 0.05) is 22.9 Å². The van der Waals surface area contributed by atoms with Crippen LogP contribution in [0.3, 0.4) is 0 Å². The molecular formula is C16H16N2O4. The molecule has 0 spiro atoms. The van der Waals surface area contributed by atoms with Crippen LogP contribution in [0.25, 0.3) is 0 Å². The van der Waals surface area contributed by atoms with E-state index in [1.807, 2.05) is 0 Å². The molecule has 0 unspecified atom stereocenters. The van der Waals surface area contributed by atoms with Crippen molar-refractivity contribution in [1.29, 1.82) is 0 Å². The Morgan fingerprint density at radius 1 is 0.909 bits per heavy atom. The summed E-state index contributed by atoms with van der Waals surface area (Å²) in [6.45, 7) is 0. The lowest BCUT2D eigenvalue weighted by Gasteiger charge is -2.09. The van der Waals surface area contributed by atoms with Crippen molar-refractivity contribution in [2.45, 2.75) is 0 Å². The van der Waals surface area contributed by atoms with Crippen molar-refractivity contribution in [1.82, 2.24) is 0 Å². The fraction of sp³-hybridized carbons (Fsp3) is 0.125. The van der Waals surface area contributed by atoms with E-state index in [9.17, 15) is 9.59 Å². The molecule has 0 atom stereocenters. The topological polar surface area (TPSA) is 90.7 Å². The van der Waals surface area contributed by atoms with Gasteiger partial charge in [-0.25, -0.2) is 0 Å². The summed E-state index contributed by atoms with van der Waals surface area (Å²) in [6, 6.07) is 11.2. The van der Waals surface area contributed by atoms with Crippen molar-refractivity contribution >= 4 is 17.5 Å². The van der Waals surface area contributed by atoms with Crippen LogP contribution in [0.2, 0.25) is 0 Å². The zero-order valence-electron chi connectivity index (χ0n) is 12.3. The third-order valence-electron chi connectivity index (χ3n) is 3.04. The molecule has 0 aliphatic carbocycles. The van der Waals surface area contributed by atoms with Gasteiger partial charge in [0.1, 0.15) is 11.5 Å². The summed E-state index contributed by atoms with van der Waals surface area (Å²) in [4.78, 5) is 23.3. The zero-order valence-corrected chi connectivity index (χ0v) is 12.3. The fourth-order valence-electron chi connectivity index (χ4n) is 1.86. The number of carbonyl (C=O) groups excluding carboxylic acids is 2. The largest absolute Gasteiger partial charge is 0.497 e. The van der Waals surface area contributed by atoms with Crippen LogP contribution < -0.4 is 20.5 Å². The fourth-order valence-corrected chi connectivity index (χ4v) is 1.86. The molecule has 6 nitrogen and oxygen atoms in total. The molecule has 0 aromatic heterocycles. The average Bonchev–Trinajstić information content (AvgIpc) is 2.54. The van der Waals surface area contributed by atoms with Crippen LogP contribution in [0.4, 0.5) is 5.69 Å². The Morgan fingerprint density at radius 3 is 1.91 bits per heavy atom. The van der Waals surface area contributed by atoms with Crippen molar-refractivity contribution < 1.29 is 19.1 Å². The number of benzene rings is 2. The summed E-state index contributed by atoms with van der Waals surface area (Å²) in [7, 11) is 3.03. The van der Waals surface area contributed by atoms with Crippen LogP contribution >= 0.6 is 0 Å². The first-order valence-electron chi connectivity index (χ1n) is 6.48. The van der Waals surface area contributed by atoms with Crippen LogP contribution in [0.1, 0.15) is 20.7 Å². The van der Waals surface area contributed by atoms with E-state index in [4.69, 9.17) is 15.2 Å². The van der Waals surface area contributed by atoms with Crippen molar-refractivity contribution in [3.05, 3.63) is 53.6 Å². The molecule has 0 fully saturated rings. The minimum Gasteiger partial charge on any atom is -0.497 e. The van der Waals surface area contributed by atoms with Crippen molar-refractivity contribution in [3.8, 4) is 11.5 Å². The average molecular weight is 300 g/mol. The number of nitrogens with one attached hydrogen (secondary N) is 1. The summed E-state index contributed by atoms with van der Waals surface area (Å²) < 4.78 is 10.3. The maximum absolute atomic E-state index is 12.3. The molecule has 114 valence electrons. The number of ether oxygens (including phenoxy) is 2. The van der Waals surface area contributed by atoms with Gasteiger partial charge in [-0.15, -0.1) is 0 Å². The summed E-state index contributed by atoms with van der Waals surface area (Å²) in [6.07, 6.45) is 0. The molecule has 0 bridgehead atoms. The normalized spacial score (nSPS) is 9.91. The number of carbonyl (C=O) groups is 2. The van der Waals surface area contributed by atoms with Crippen LogP contribution in [-0.4, -0.2) is 26.0 Å². The lowest BCUT2D eigenvalue weighted by Crippen LogP contribution is -2.13. The molecule has 22 heavy (non-hydrogen) atoms. The van der Waals surface area contributed by atoms with Gasteiger partial charge in [-0.2, -0.15) is 0 Å². The van der Waals surface area contributed by atoms with E-state index in [1.165, 1.54) is 14.2 Å². The predicted octanol–water partition coefficient (Wildman–Crippen LogP) is 2.05. The third kappa shape index (κ3) is 3.54. The molecule has 0 aliphatic heterocycles. The smallest absolute Gasteiger partial charge is 0.255 e. The Hall–Kier alpha value is -3.02. The Balaban J connectivity index is 2.19. The highest BCUT2D eigenvalue weighted by Crippen LogP contribution is 2.23. The van der Waals surface area contributed by atoms with Crippen LogP contribution in [0, 0.1) is 0 Å². The highest BCUT2D eigenvalue weighted by molar-refractivity contribution is 6.05. The Morgan fingerprint density at radius 2 is 1.45 bits per heavy atom. The number of anilines is 1. The number of hydrogen-bond acceptors (Lipinski definition) is 4. The zero-order chi connectivity index (χ0) is 16.1. The lowest BCUT2D eigenvalue weighted by molar-refractivity contribution is 0.0998. The molecule has 2 aromatic carbocycles. The van der Waals surface area contributed by atoms with Gasteiger partial charge in [-0.1, -0.05) is 0 Å². The number of rotatable bonds is 5. The van der Waals surface area contributed by atoms with Crippen LogP contribution in [0.5, 0.6) is 11.5 Å². The number of methoxy groups -OCH3 is 2. The molecule has 2 aromatic rings. The second-order valence-corrected chi connectivity index (χ2v) is 4.50. The van der Waals surface area contributed by atoms with E-state index in [-0.39, 0.29) is 5.91 Å². The third-order valence-corrected chi connectivity index (χ3v) is 3.04. The molecule has 2 amide bonds. The summed E-state index contributed by atoms with van der Waals surface area (Å²) >= 11 is 0. The van der Waals surface area contributed by atoms with Crippen molar-refractivity contribution in [2.24, 2.45) is 5.73 Å². The molecule has 0 saturated carbocycles. The van der Waals surface area contributed by atoms with E-state index in [2.05, 4.69) is 5.32 Å². The minimum absolute atomic E-state index is 0.316. The van der Waals surface area contributed by atoms with Crippen molar-refractivity contribution in [2.75, 3.05) is 19.5 Å². The van der Waals surface area contributed by atoms with E-state index in [0.29, 0.717) is 28.3 Å². The monoisotopic (exact) mass is 300 g/mol. The lowest BCUT2D eigenvalue weighted by atomic mass is 10.1. The van der Waals surface area contributed by atoms with Gasteiger partial charge in [0.05, 0.1) is 14.2 Å².